The summed E-state index contributed by atoms with van der Waals surface area (Å²) in [4.78, 5) is 0. The van der Waals surface area contributed by atoms with Gasteiger partial charge in [-0.1, -0.05) is 19.1 Å². The fraction of sp³-hybridized carbons (Fsp3) is 0.455. The minimum absolute atomic E-state index is 0.0417. The van der Waals surface area contributed by atoms with Crippen LogP contribution in [-0.2, 0) is 15.6 Å². The van der Waals surface area contributed by atoms with E-state index in [0.717, 1.165) is 0 Å². The largest absolute Gasteiger partial charge is 0.330 e. The van der Waals surface area contributed by atoms with Gasteiger partial charge in [0.2, 0.25) is 0 Å². The Labute approximate surface area is 95.4 Å². The number of hydrogen-bond acceptors (Lipinski definition) is 3. The lowest BCUT2D eigenvalue weighted by Gasteiger charge is -2.09. The lowest BCUT2D eigenvalue weighted by Crippen LogP contribution is -2.22. The van der Waals surface area contributed by atoms with Crippen LogP contribution in [0.2, 0.25) is 0 Å². The summed E-state index contributed by atoms with van der Waals surface area (Å²) >= 11 is 0. The SMILES string of the molecule is CC(CN)CS(=O)(=O)Cc1cccc(F)c1. The van der Waals surface area contributed by atoms with Crippen molar-refractivity contribution in [2.24, 2.45) is 11.7 Å². The summed E-state index contributed by atoms with van der Waals surface area (Å²) in [6, 6.07) is 5.64. The first kappa shape index (κ1) is 13.1. The van der Waals surface area contributed by atoms with Crippen molar-refractivity contribution in [3.63, 3.8) is 0 Å². The zero-order chi connectivity index (χ0) is 12.2. The third kappa shape index (κ3) is 4.28. The summed E-state index contributed by atoms with van der Waals surface area (Å²) in [7, 11) is -3.21. The molecule has 1 unspecified atom stereocenters. The molecule has 0 aliphatic carbocycles. The van der Waals surface area contributed by atoms with Gasteiger partial charge in [0, 0.05) is 0 Å². The molecule has 0 aliphatic heterocycles. The molecular weight excluding hydrogens is 229 g/mol. The molecule has 0 bridgehead atoms. The molecule has 2 N–H and O–H groups in total. The van der Waals surface area contributed by atoms with Crippen molar-refractivity contribution in [3.05, 3.63) is 35.6 Å². The van der Waals surface area contributed by atoms with Crippen LogP contribution in [0.25, 0.3) is 0 Å². The Kier molecular flexibility index (Phi) is 4.44. The zero-order valence-electron chi connectivity index (χ0n) is 9.19. The smallest absolute Gasteiger partial charge is 0.154 e. The predicted molar refractivity (Wildman–Crippen MR) is 62.1 cm³/mol. The third-order valence-electron chi connectivity index (χ3n) is 2.22. The number of nitrogens with two attached hydrogens (primary N) is 1. The summed E-state index contributed by atoms with van der Waals surface area (Å²) in [6.45, 7) is 2.12. The van der Waals surface area contributed by atoms with Crippen LogP contribution in [0.5, 0.6) is 0 Å². The Morgan fingerprint density at radius 2 is 2.12 bits per heavy atom. The maximum Gasteiger partial charge on any atom is 0.154 e. The molecule has 1 aromatic carbocycles. The highest BCUT2D eigenvalue weighted by molar-refractivity contribution is 7.90. The van der Waals surface area contributed by atoms with Gasteiger partial charge in [0.25, 0.3) is 0 Å². The standard InChI is InChI=1S/C11H16FNO2S/c1-9(6-13)7-16(14,15)8-10-3-2-4-11(12)5-10/h2-5,9H,6-8,13H2,1H3. The highest BCUT2D eigenvalue weighted by Gasteiger charge is 2.15. The summed E-state index contributed by atoms with van der Waals surface area (Å²) in [5.41, 5.74) is 5.85. The van der Waals surface area contributed by atoms with Crippen molar-refractivity contribution in [2.45, 2.75) is 12.7 Å². The molecule has 1 atom stereocenters. The zero-order valence-corrected chi connectivity index (χ0v) is 10.0. The highest BCUT2D eigenvalue weighted by atomic mass is 32.2. The molecule has 16 heavy (non-hydrogen) atoms. The number of halogens is 1. The van der Waals surface area contributed by atoms with Gasteiger partial charge >= 0.3 is 0 Å². The van der Waals surface area contributed by atoms with E-state index < -0.39 is 15.7 Å². The van der Waals surface area contributed by atoms with Gasteiger partial charge in [0.05, 0.1) is 11.5 Å². The van der Waals surface area contributed by atoms with Gasteiger partial charge in [-0.3, -0.25) is 0 Å². The maximum atomic E-state index is 12.9. The van der Waals surface area contributed by atoms with Crippen molar-refractivity contribution >= 4 is 9.84 Å². The van der Waals surface area contributed by atoms with Crippen molar-refractivity contribution < 1.29 is 12.8 Å². The average molecular weight is 245 g/mol. The van der Waals surface area contributed by atoms with Gasteiger partial charge in [-0.2, -0.15) is 0 Å². The van der Waals surface area contributed by atoms with Crippen molar-refractivity contribution in [3.8, 4) is 0 Å². The Bertz CT molecular complexity index is 445. The number of benzene rings is 1. The van der Waals surface area contributed by atoms with E-state index in [0.29, 0.717) is 12.1 Å². The molecule has 1 aromatic rings. The predicted octanol–water partition coefficient (Wildman–Crippen LogP) is 1.34. The van der Waals surface area contributed by atoms with Crippen LogP contribution in [0.3, 0.4) is 0 Å². The normalized spacial score (nSPS) is 13.7. The van der Waals surface area contributed by atoms with E-state index in [1.165, 1.54) is 18.2 Å². The van der Waals surface area contributed by atoms with E-state index in [-0.39, 0.29) is 17.4 Å². The fourth-order valence-electron chi connectivity index (χ4n) is 1.44. The Hall–Kier alpha value is -0.940. The quantitative estimate of drug-likeness (QED) is 0.851. The number of hydrogen-bond donors (Lipinski definition) is 1. The van der Waals surface area contributed by atoms with Gasteiger partial charge < -0.3 is 5.73 Å². The summed E-state index contributed by atoms with van der Waals surface area (Å²) in [5.74, 6) is -0.576. The van der Waals surface area contributed by atoms with Gasteiger partial charge in [0.15, 0.2) is 9.84 Å². The third-order valence-corrected chi connectivity index (χ3v) is 4.07. The van der Waals surface area contributed by atoms with E-state index in [4.69, 9.17) is 5.73 Å². The minimum Gasteiger partial charge on any atom is -0.330 e. The molecule has 0 aromatic heterocycles. The van der Waals surface area contributed by atoms with Crippen molar-refractivity contribution in [1.29, 1.82) is 0 Å². The molecule has 5 heteroatoms. The second-order valence-electron chi connectivity index (χ2n) is 4.03. The second kappa shape index (κ2) is 5.41. The monoisotopic (exact) mass is 245 g/mol. The topological polar surface area (TPSA) is 60.2 Å². The van der Waals surface area contributed by atoms with Crippen LogP contribution in [0.4, 0.5) is 4.39 Å². The molecule has 0 fully saturated rings. The molecule has 0 amide bonds. The molecule has 3 nitrogen and oxygen atoms in total. The van der Waals surface area contributed by atoms with E-state index in [1.54, 1.807) is 13.0 Å². The maximum absolute atomic E-state index is 12.9. The molecule has 90 valence electrons. The summed E-state index contributed by atoms with van der Waals surface area (Å²) in [5, 5.41) is 0. The van der Waals surface area contributed by atoms with Crippen LogP contribution < -0.4 is 5.73 Å². The molecule has 0 aliphatic rings. The molecule has 0 heterocycles. The minimum atomic E-state index is -3.21. The highest BCUT2D eigenvalue weighted by Crippen LogP contribution is 2.11. The van der Waals surface area contributed by atoms with Crippen molar-refractivity contribution in [2.75, 3.05) is 12.3 Å². The lowest BCUT2D eigenvalue weighted by atomic mass is 10.2. The number of rotatable bonds is 5. The molecule has 1 rings (SSSR count). The van der Waals surface area contributed by atoms with Crippen LogP contribution >= 0.6 is 0 Å². The first-order valence-corrected chi connectivity index (χ1v) is 6.90. The van der Waals surface area contributed by atoms with Crippen molar-refractivity contribution in [1.82, 2.24) is 0 Å². The van der Waals surface area contributed by atoms with E-state index in [1.807, 2.05) is 0 Å². The average Bonchev–Trinajstić information content (AvgIpc) is 2.15. The molecule has 0 spiro atoms. The Balaban J connectivity index is 2.73. The van der Waals surface area contributed by atoms with Crippen LogP contribution in [-0.4, -0.2) is 20.7 Å². The van der Waals surface area contributed by atoms with Crippen LogP contribution in [0.15, 0.2) is 24.3 Å². The fourth-order valence-corrected chi connectivity index (χ4v) is 3.25. The van der Waals surface area contributed by atoms with Gasteiger partial charge in [-0.25, -0.2) is 12.8 Å². The van der Waals surface area contributed by atoms with Crippen LogP contribution in [0.1, 0.15) is 12.5 Å². The molecule has 0 radical (unpaired) electrons. The first-order chi connectivity index (χ1) is 7.43. The van der Waals surface area contributed by atoms with E-state index in [9.17, 15) is 12.8 Å². The Morgan fingerprint density at radius 1 is 1.44 bits per heavy atom. The lowest BCUT2D eigenvalue weighted by molar-refractivity contribution is 0.573. The molecule has 0 saturated heterocycles. The second-order valence-corrected chi connectivity index (χ2v) is 6.13. The van der Waals surface area contributed by atoms with Crippen LogP contribution in [0, 0.1) is 11.7 Å². The summed E-state index contributed by atoms with van der Waals surface area (Å²) in [6.07, 6.45) is 0. The van der Waals surface area contributed by atoms with E-state index >= 15 is 0 Å². The van der Waals surface area contributed by atoms with Gasteiger partial charge in [0.1, 0.15) is 5.82 Å². The first-order valence-electron chi connectivity index (χ1n) is 5.08. The number of sulfone groups is 1. The molecular formula is C11H16FNO2S. The van der Waals surface area contributed by atoms with E-state index in [2.05, 4.69) is 0 Å². The van der Waals surface area contributed by atoms with Gasteiger partial charge in [-0.15, -0.1) is 0 Å². The molecule has 0 saturated carbocycles. The Morgan fingerprint density at radius 3 is 2.69 bits per heavy atom. The van der Waals surface area contributed by atoms with Gasteiger partial charge in [-0.05, 0) is 30.2 Å². The summed E-state index contributed by atoms with van der Waals surface area (Å²) < 4.78 is 36.3.